The molecule has 2 N–H and O–H groups in total. The van der Waals surface area contributed by atoms with Crippen LogP contribution in [0.1, 0.15) is 26.3 Å². The molecule has 0 saturated heterocycles. The number of rotatable bonds is 9. The van der Waals surface area contributed by atoms with Crippen LogP contribution in [0, 0.1) is 0 Å². The van der Waals surface area contributed by atoms with Crippen LogP contribution in [-0.2, 0) is 19.7 Å². The average molecular weight is 335 g/mol. The van der Waals surface area contributed by atoms with Crippen LogP contribution in [0.15, 0.2) is 36.9 Å². The minimum absolute atomic E-state index is 0.130. The van der Waals surface area contributed by atoms with E-state index >= 15 is 0 Å². The molecule has 0 heterocycles. The van der Waals surface area contributed by atoms with Crippen LogP contribution in [0.5, 0.6) is 5.75 Å². The molecular formula is C18H25NO5. The fourth-order valence-corrected chi connectivity index (χ4v) is 2.04. The third-order valence-electron chi connectivity index (χ3n) is 3.21. The largest absolute Gasteiger partial charge is 0.483 e. The smallest absolute Gasteiger partial charge is 0.328 e. The van der Waals surface area contributed by atoms with Crippen LogP contribution in [-0.4, -0.2) is 42.8 Å². The molecule has 1 aromatic rings. The van der Waals surface area contributed by atoms with Crippen LogP contribution in [0.3, 0.4) is 0 Å². The van der Waals surface area contributed by atoms with Crippen molar-refractivity contribution in [3.05, 3.63) is 42.5 Å². The molecule has 0 saturated carbocycles. The maximum absolute atomic E-state index is 11.9. The van der Waals surface area contributed by atoms with E-state index < -0.39 is 17.9 Å². The highest BCUT2D eigenvalue weighted by Gasteiger charge is 2.22. The average Bonchev–Trinajstić information content (AvgIpc) is 2.51. The number of nitrogens with one attached hydrogen (secondary N) is 1. The first-order valence-electron chi connectivity index (χ1n) is 7.69. The van der Waals surface area contributed by atoms with E-state index in [2.05, 4.69) is 11.9 Å². The number of aliphatic carboxylic acids is 1. The van der Waals surface area contributed by atoms with Crippen molar-refractivity contribution < 1.29 is 24.2 Å². The van der Waals surface area contributed by atoms with E-state index in [9.17, 15) is 9.59 Å². The zero-order chi connectivity index (χ0) is 18.2. The lowest BCUT2D eigenvalue weighted by Gasteiger charge is -2.22. The van der Waals surface area contributed by atoms with Gasteiger partial charge in [-0.25, -0.2) is 4.79 Å². The third-order valence-corrected chi connectivity index (χ3v) is 3.21. The molecule has 0 aliphatic rings. The summed E-state index contributed by atoms with van der Waals surface area (Å²) in [6, 6.07) is 6.34. The van der Waals surface area contributed by atoms with Crippen molar-refractivity contribution in [2.24, 2.45) is 0 Å². The van der Waals surface area contributed by atoms with E-state index in [1.165, 1.54) is 6.08 Å². The highest BCUT2D eigenvalue weighted by molar-refractivity contribution is 5.84. The van der Waals surface area contributed by atoms with Crippen LogP contribution < -0.4 is 10.1 Å². The first-order chi connectivity index (χ1) is 11.3. The number of amides is 1. The van der Waals surface area contributed by atoms with Gasteiger partial charge in [0.15, 0.2) is 12.6 Å². The minimum atomic E-state index is -1.16. The molecule has 6 nitrogen and oxygen atoms in total. The van der Waals surface area contributed by atoms with Crippen molar-refractivity contribution in [3.63, 3.8) is 0 Å². The maximum Gasteiger partial charge on any atom is 0.328 e. The van der Waals surface area contributed by atoms with E-state index in [1.54, 1.807) is 6.07 Å². The van der Waals surface area contributed by atoms with Gasteiger partial charge in [0.25, 0.3) is 5.91 Å². The highest BCUT2D eigenvalue weighted by atomic mass is 16.5. The lowest BCUT2D eigenvalue weighted by Crippen LogP contribution is -2.45. The summed E-state index contributed by atoms with van der Waals surface area (Å²) < 4.78 is 10.6. The van der Waals surface area contributed by atoms with Gasteiger partial charge >= 0.3 is 5.97 Å². The Balaban J connectivity index is 2.62. The van der Waals surface area contributed by atoms with E-state index in [0.29, 0.717) is 5.75 Å². The molecule has 1 amide bonds. The molecule has 0 aliphatic heterocycles. The Morgan fingerprint density at radius 1 is 1.33 bits per heavy atom. The Bertz CT molecular complexity index is 577. The van der Waals surface area contributed by atoms with E-state index in [-0.39, 0.29) is 25.2 Å². The molecule has 0 fully saturated rings. The van der Waals surface area contributed by atoms with Gasteiger partial charge in [-0.2, -0.15) is 0 Å². The van der Waals surface area contributed by atoms with Crippen LogP contribution in [0.4, 0.5) is 0 Å². The number of carbonyl (C=O) groups excluding carboxylic acids is 1. The Morgan fingerprint density at radius 2 is 2.00 bits per heavy atom. The van der Waals surface area contributed by atoms with Crippen molar-refractivity contribution >= 4 is 11.9 Å². The zero-order valence-corrected chi connectivity index (χ0v) is 14.4. The molecule has 6 heteroatoms. The lowest BCUT2D eigenvalue weighted by atomic mass is 9.86. The number of benzene rings is 1. The maximum atomic E-state index is 11.9. The zero-order valence-electron chi connectivity index (χ0n) is 14.4. The van der Waals surface area contributed by atoms with Crippen LogP contribution in [0.25, 0.3) is 0 Å². The quantitative estimate of drug-likeness (QED) is 0.533. The first kappa shape index (κ1) is 19.7. The Labute approximate surface area is 142 Å². The minimum Gasteiger partial charge on any atom is -0.483 e. The van der Waals surface area contributed by atoms with Gasteiger partial charge in [-0.3, -0.25) is 4.79 Å². The molecule has 1 atom stereocenters. The second kappa shape index (κ2) is 9.08. The fraction of sp³-hybridized carbons (Fsp3) is 0.444. The molecule has 132 valence electrons. The summed E-state index contributed by atoms with van der Waals surface area (Å²) in [4.78, 5) is 23.1. The van der Waals surface area contributed by atoms with Gasteiger partial charge in [0.1, 0.15) is 5.75 Å². The van der Waals surface area contributed by atoms with Crippen molar-refractivity contribution in [1.29, 1.82) is 0 Å². The Morgan fingerprint density at radius 3 is 2.58 bits per heavy atom. The number of carbonyl (C=O) groups is 2. The Kier molecular flexibility index (Phi) is 7.45. The summed E-state index contributed by atoms with van der Waals surface area (Å²) >= 11 is 0. The molecule has 24 heavy (non-hydrogen) atoms. The molecule has 0 aromatic heterocycles. The number of para-hydroxylation sites is 1. The van der Waals surface area contributed by atoms with Crippen molar-refractivity contribution in [2.45, 2.75) is 32.2 Å². The predicted octanol–water partition coefficient (Wildman–Crippen LogP) is 2.13. The summed E-state index contributed by atoms with van der Waals surface area (Å²) in [6.45, 7) is 9.44. The third kappa shape index (κ3) is 6.42. The van der Waals surface area contributed by atoms with Crippen molar-refractivity contribution in [2.75, 3.05) is 19.8 Å². The summed E-state index contributed by atoms with van der Waals surface area (Å²) in [7, 11) is 0. The van der Waals surface area contributed by atoms with Crippen LogP contribution in [0.2, 0.25) is 0 Å². The second-order valence-corrected chi connectivity index (χ2v) is 6.32. The normalized spacial score (nSPS) is 12.3. The molecule has 1 rings (SSSR count). The summed E-state index contributed by atoms with van der Waals surface area (Å²) in [5.74, 6) is -1.08. The molecule has 0 bridgehead atoms. The first-order valence-corrected chi connectivity index (χ1v) is 7.69. The SMILES string of the molecule is C=CCOCC(NC(=O)COc1ccccc1C(C)(C)C)C(=O)O. The molecule has 0 spiro atoms. The topological polar surface area (TPSA) is 84.9 Å². The number of hydrogen-bond donors (Lipinski definition) is 2. The number of carboxylic acid groups (broad SMARTS) is 1. The molecule has 1 aromatic carbocycles. The van der Waals surface area contributed by atoms with E-state index in [0.717, 1.165) is 5.56 Å². The highest BCUT2D eigenvalue weighted by Crippen LogP contribution is 2.30. The second-order valence-electron chi connectivity index (χ2n) is 6.32. The summed E-state index contributed by atoms with van der Waals surface area (Å²) in [5.41, 5.74) is 0.844. The van der Waals surface area contributed by atoms with Gasteiger partial charge in [-0.05, 0) is 17.0 Å². The van der Waals surface area contributed by atoms with Gasteiger partial charge in [-0.15, -0.1) is 6.58 Å². The van der Waals surface area contributed by atoms with Gasteiger partial charge < -0.3 is 19.9 Å². The summed E-state index contributed by atoms with van der Waals surface area (Å²) in [5, 5.41) is 11.5. The molecular weight excluding hydrogens is 310 g/mol. The van der Waals surface area contributed by atoms with E-state index in [1.807, 2.05) is 39.0 Å². The van der Waals surface area contributed by atoms with Crippen LogP contribution >= 0.6 is 0 Å². The number of ether oxygens (including phenoxy) is 2. The van der Waals surface area contributed by atoms with Gasteiger partial charge in [0.05, 0.1) is 13.2 Å². The molecule has 1 unspecified atom stereocenters. The van der Waals surface area contributed by atoms with Crippen molar-refractivity contribution in [3.8, 4) is 5.75 Å². The van der Waals surface area contributed by atoms with Gasteiger partial charge in [-0.1, -0.05) is 45.0 Å². The lowest BCUT2D eigenvalue weighted by molar-refractivity contribution is -0.143. The number of hydrogen-bond acceptors (Lipinski definition) is 4. The molecule has 0 aliphatic carbocycles. The molecule has 0 radical (unpaired) electrons. The van der Waals surface area contributed by atoms with Crippen molar-refractivity contribution in [1.82, 2.24) is 5.32 Å². The van der Waals surface area contributed by atoms with E-state index in [4.69, 9.17) is 14.6 Å². The predicted molar refractivity (Wildman–Crippen MR) is 91.2 cm³/mol. The monoisotopic (exact) mass is 335 g/mol. The Hall–Kier alpha value is -2.34. The van der Waals surface area contributed by atoms with Gasteiger partial charge in [0, 0.05) is 0 Å². The fourth-order valence-electron chi connectivity index (χ4n) is 2.04. The number of carboxylic acids is 1. The summed E-state index contributed by atoms with van der Waals surface area (Å²) in [6.07, 6.45) is 1.51. The standard InChI is InChI=1S/C18H25NO5/c1-5-10-23-11-14(17(21)22)19-16(20)12-24-15-9-7-6-8-13(15)18(2,3)4/h5-9,14H,1,10-12H2,2-4H3,(H,19,20)(H,21,22). The van der Waals surface area contributed by atoms with Gasteiger partial charge in [0.2, 0.25) is 0 Å².